The molecule has 3 heteroatoms. The molecule has 78 valence electrons. The molecule has 0 spiro atoms. The van der Waals surface area contributed by atoms with Crippen LogP contribution >= 0.6 is 0 Å². The molecule has 0 amide bonds. The standard InChI is InChI=1S/C11H19N3/c1-8(2)5-13-6-10-7-14-9(3)4-11(10)12/h4,7-8,13H,5-6H2,1-3H3,(H2,12,14). The van der Waals surface area contributed by atoms with Gasteiger partial charge in [0.1, 0.15) is 0 Å². The number of hydrogen-bond acceptors (Lipinski definition) is 3. The average molecular weight is 193 g/mol. The maximum Gasteiger partial charge on any atom is 0.0393 e. The highest BCUT2D eigenvalue weighted by Gasteiger charge is 2.00. The first-order valence-electron chi connectivity index (χ1n) is 5.01. The summed E-state index contributed by atoms with van der Waals surface area (Å²) in [6, 6.07) is 1.91. The molecule has 14 heavy (non-hydrogen) atoms. The number of nitrogen functional groups attached to an aromatic ring is 1. The van der Waals surface area contributed by atoms with Crippen LogP contribution in [0.5, 0.6) is 0 Å². The normalized spacial score (nSPS) is 10.9. The van der Waals surface area contributed by atoms with Gasteiger partial charge in [-0.3, -0.25) is 4.98 Å². The molecule has 1 aromatic heterocycles. The second kappa shape index (κ2) is 4.96. The van der Waals surface area contributed by atoms with Crippen molar-refractivity contribution < 1.29 is 0 Å². The third kappa shape index (κ3) is 3.34. The Labute approximate surface area is 85.7 Å². The first-order valence-corrected chi connectivity index (χ1v) is 5.01. The molecule has 0 aliphatic rings. The Hall–Kier alpha value is -1.09. The van der Waals surface area contributed by atoms with E-state index in [0.29, 0.717) is 5.92 Å². The van der Waals surface area contributed by atoms with Crippen molar-refractivity contribution in [1.82, 2.24) is 10.3 Å². The minimum atomic E-state index is 0.662. The van der Waals surface area contributed by atoms with Gasteiger partial charge in [0.15, 0.2) is 0 Å². The van der Waals surface area contributed by atoms with Crippen LogP contribution in [0.4, 0.5) is 5.69 Å². The lowest BCUT2D eigenvalue weighted by Gasteiger charge is -2.09. The largest absolute Gasteiger partial charge is 0.398 e. The molecule has 0 unspecified atom stereocenters. The lowest BCUT2D eigenvalue weighted by molar-refractivity contribution is 0.552. The van der Waals surface area contributed by atoms with Crippen molar-refractivity contribution in [3.05, 3.63) is 23.5 Å². The Morgan fingerprint density at radius 2 is 2.21 bits per heavy atom. The van der Waals surface area contributed by atoms with Gasteiger partial charge in [-0.25, -0.2) is 0 Å². The second-order valence-corrected chi connectivity index (χ2v) is 4.05. The van der Waals surface area contributed by atoms with E-state index < -0.39 is 0 Å². The summed E-state index contributed by atoms with van der Waals surface area (Å²) in [4.78, 5) is 4.22. The van der Waals surface area contributed by atoms with Gasteiger partial charge in [-0.15, -0.1) is 0 Å². The monoisotopic (exact) mass is 193 g/mol. The Balaban J connectivity index is 2.51. The summed E-state index contributed by atoms with van der Waals surface area (Å²) in [6.45, 7) is 8.12. The lowest BCUT2D eigenvalue weighted by atomic mass is 10.2. The molecule has 0 fully saturated rings. The summed E-state index contributed by atoms with van der Waals surface area (Å²) < 4.78 is 0. The van der Waals surface area contributed by atoms with Crippen molar-refractivity contribution in [2.45, 2.75) is 27.3 Å². The number of pyridine rings is 1. The van der Waals surface area contributed by atoms with E-state index >= 15 is 0 Å². The number of aryl methyl sites for hydroxylation is 1. The zero-order chi connectivity index (χ0) is 10.6. The van der Waals surface area contributed by atoms with Crippen LogP contribution in [0.3, 0.4) is 0 Å². The van der Waals surface area contributed by atoms with Crippen molar-refractivity contribution >= 4 is 5.69 Å². The summed E-state index contributed by atoms with van der Waals surface area (Å²) in [5, 5.41) is 3.34. The molecule has 0 saturated carbocycles. The number of nitrogens with zero attached hydrogens (tertiary/aromatic N) is 1. The quantitative estimate of drug-likeness (QED) is 0.765. The molecule has 1 rings (SSSR count). The lowest BCUT2D eigenvalue weighted by Crippen LogP contribution is -2.19. The number of nitrogens with one attached hydrogen (secondary N) is 1. The van der Waals surface area contributed by atoms with Gasteiger partial charge in [0.25, 0.3) is 0 Å². The van der Waals surface area contributed by atoms with Crippen molar-refractivity contribution in [2.24, 2.45) is 5.92 Å². The molecule has 3 N–H and O–H groups in total. The van der Waals surface area contributed by atoms with Crippen LogP contribution < -0.4 is 11.1 Å². The smallest absolute Gasteiger partial charge is 0.0393 e. The van der Waals surface area contributed by atoms with E-state index in [9.17, 15) is 0 Å². The number of hydrogen-bond donors (Lipinski definition) is 2. The molecule has 0 radical (unpaired) electrons. The van der Waals surface area contributed by atoms with Crippen molar-refractivity contribution in [1.29, 1.82) is 0 Å². The molecule has 0 aliphatic carbocycles. The van der Waals surface area contributed by atoms with Crippen molar-refractivity contribution in [3.8, 4) is 0 Å². The van der Waals surface area contributed by atoms with Crippen LogP contribution in [0, 0.1) is 12.8 Å². The minimum Gasteiger partial charge on any atom is -0.398 e. The molecular weight excluding hydrogens is 174 g/mol. The van der Waals surface area contributed by atoms with E-state index in [-0.39, 0.29) is 0 Å². The highest BCUT2D eigenvalue weighted by Crippen LogP contribution is 2.10. The zero-order valence-electron chi connectivity index (χ0n) is 9.17. The molecule has 0 bridgehead atoms. The SMILES string of the molecule is Cc1cc(N)c(CNCC(C)C)cn1. The maximum absolute atomic E-state index is 5.86. The highest BCUT2D eigenvalue weighted by atomic mass is 14.9. The van der Waals surface area contributed by atoms with E-state index in [1.807, 2.05) is 19.2 Å². The van der Waals surface area contributed by atoms with Crippen LogP contribution in [0.25, 0.3) is 0 Å². The predicted molar refractivity (Wildman–Crippen MR) is 59.9 cm³/mol. The summed E-state index contributed by atoms with van der Waals surface area (Å²) in [5.74, 6) is 0.662. The van der Waals surface area contributed by atoms with Gasteiger partial charge >= 0.3 is 0 Å². The topological polar surface area (TPSA) is 50.9 Å². The number of anilines is 1. The number of rotatable bonds is 4. The van der Waals surface area contributed by atoms with E-state index in [1.54, 1.807) is 0 Å². The minimum absolute atomic E-state index is 0.662. The Morgan fingerprint density at radius 1 is 1.50 bits per heavy atom. The molecule has 3 nitrogen and oxygen atoms in total. The molecule has 0 saturated heterocycles. The molecule has 1 heterocycles. The Morgan fingerprint density at radius 3 is 2.79 bits per heavy atom. The van der Waals surface area contributed by atoms with Gasteiger partial charge in [0, 0.05) is 29.7 Å². The summed E-state index contributed by atoms with van der Waals surface area (Å²) in [7, 11) is 0. The first-order chi connectivity index (χ1) is 6.59. The van der Waals surface area contributed by atoms with Gasteiger partial charge in [-0.1, -0.05) is 13.8 Å². The van der Waals surface area contributed by atoms with Gasteiger partial charge in [0.05, 0.1) is 0 Å². The summed E-state index contributed by atoms with van der Waals surface area (Å²) >= 11 is 0. The third-order valence-corrected chi connectivity index (χ3v) is 2.03. The number of aromatic nitrogens is 1. The fourth-order valence-corrected chi connectivity index (χ4v) is 1.25. The van der Waals surface area contributed by atoms with E-state index in [1.165, 1.54) is 0 Å². The second-order valence-electron chi connectivity index (χ2n) is 4.05. The van der Waals surface area contributed by atoms with Gasteiger partial charge in [-0.2, -0.15) is 0 Å². The Bertz CT molecular complexity index is 295. The maximum atomic E-state index is 5.86. The third-order valence-electron chi connectivity index (χ3n) is 2.03. The van der Waals surface area contributed by atoms with Crippen LogP contribution in [0.2, 0.25) is 0 Å². The van der Waals surface area contributed by atoms with Gasteiger partial charge in [-0.05, 0) is 25.5 Å². The molecular formula is C11H19N3. The first kappa shape index (κ1) is 11.0. The van der Waals surface area contributed by atoms with Crippen LogP contribution in [0.1, 0.15) is 25.1 Å². The van der Waals surface area contributed by atoms with Crippen molar-refractivity contribution in [3.63, 3.8) is 0 Å². The van der Waals surface area contributed by atoms with Crippen LogP contribution in [-0.4, -0.2) is 11.5 Å². The zero-order valence-corrected chi connectivity index (χ0v) is 9.17. The predicted octanol–water partition coefficient (Wildman–Crippen LogP) is 1.72. The van der Waals surface area contributed by atoms with E-state index in [4.69, 9.17) is 5.73 Å². The molecule has 0 atom stereocenters. The number of nitrogens with two attached hydrogens (primary N) is 1. The van der Waals surface area contributed by atoms with Gasteiger partial charge in [0.2, 0.25) is 0 Å². The molecule has 0 aliphatic heterocycles. The fourth-order valence-electron chi connectivity index (χ4n) is 1.25. The summed E-state index contributed by atoms with van der Waals surface area (Å²) in [6.07, 6.45) is 1.85. The van der Waals surface area contributed by atoms with E-state index in [0.717, 1.165) is 30.0 Å². The average Bonchev–Trinajstić information content (AvgIpc) is 2.08. The highest BCUT2D eigenvalue weighted by molar-refractivity contribution is 5.46. The van der Waals surface area contributed by atoms with Crippen LogP contribution in [0.15, 0.2) is 12.3 Å². The van der Waals surface area contributed by atoms with E-state index in [2.05, 4.69) is 24.1 Å². The Kier molecular flexibility index (Phi) is 3.89. The fraction of sp³-hybridized carbons (Fsp3) is 0.545. The molecule has 1 aromatic rings. The summed E-state index contributed by atoms with van der Waals surface area (Å²) in [5.41, 5.74) is 8.73. The van der Waals surface area contributed by atoms with Gasteiger partial charge < -0.3 is 11.1 Å². The van der Waals surface area contributed by atoms with Crippen LogP contribution in [-0.2, 0) is 6.54 Å². The molecule has 0 aromatic carbocycles. The van der Waals surface area contributed by atoms with Crippen molar-refractivity contribution in [2.75, 3.05) is 12.3 Å².